The molecule has 140 valence electrons. The predicted octanol–water partition coefficient (Wildman–Crippen LogP) is 4.24. The number of rotatable bonds is 3. The summed E-state index contributed by atoms with van der Waals surface area (Å²) in [7, 11) is 0. The summed E-state index contributed by atoms with van der Waals surface area (Å²) in [5, 5.41) is 2.90. The lowest BCUT2D eigenvalue weighted by Crippen LogP contribution is -2.36. The van der Waals surface area contributed by atoms with Gasteiger partial charge in [0.15, 0.2) is 0 Å². The summed E-state index contributed by atoms with van der Waals surface area (Å²) in [5.41, 5.74) is 4.50. The Hall–Kier alpha value is -3.47. The van der Waals surface area contributed by atoms with E-state index in [1.807, 2.05) is 55.5 Å². The molecule has 5 heteroatoms. The van der Waals surface area contributed by atoms with Crippen molar-refractivity contribution >= 4 is 23.2 Å². The molecule has 0 saturated carbocycles. The van der Waals surface area contributed by atoms with Gasteiger partial charge in [0.2, 0.25) is 0 Å². The normalized spacial score (nSPS) is 13.0. The van der Waals surface area contributed by atoms with Gasteiger partial charge in [-0.2, -0.15) is 0 Å². The van der Waals surface area contributed by atoms with Gasteiger partial charge < -0.3 is 10.2 Å². The molecule has 0 radical (unpaired) electrons. The number of nitrogens with zero attached hydrogens (tertiary/aromatic N) is 2. The van der Waals surface area contributed by atoms with Gasteiger partial charge in [0.25, 0.3) is 11.8 Å². The highest BCUT2D eigenvalue weighted by Crippen LogP contribution is 2.28. The first kappa shape index (κ1) is 17.9. The minimum atomic E-state index is -0.259. The number of nitrogens with one attached hydrogen (secondary N) is 1. The third kappa shape index (κ3) is 3.51. The minimum Gasteiger partial charge on any atom is -0.322 e. The Kier molecular flexibility index (Phi) is 4.89. The molecule has 0 aliphatic carbocycles. The Bertz CT molecular complexity index is 1050. The zero-order chi connectivity index (χ0) is 19.5. The number of carbonyl (C=O) groups excluding carboxylic acids is 2. The van der Waals surface area contributed by atoms with Crippen LogP contribution < -0.4 is 10.2 Å². The van der Waals surface area contributed by atoms with E-state index in [0.29, 0.717) is 12.1 Å². The van der Waals surface area contributed by atoms with E-state index in [0.717, 1.165) is 35.3 Å². The monoisotopic (exact) mass is 371 g/mol. The van der Waals surface area contributed by atoms with Crippen LogP contribution in [0.25, 0.3) is 0 Å². The number of para-hydroxylation sites is 2. The Morgan fingerprint density at radius 1 is 1.04 bits per heavy atom. The van der Waals surface area contributed by atoms with Crippen LogP contribution in [0.5, 0.6) is 0 Å². The van der Waals surface area contributed by atoms with Crippen molar-refractivity contribution in [1.29, 1.82) is 0 Å². The van der Waals surface area contributed by atoms with Crippen LogP contribution in [0.3, 0.4) is 0 Å². The van der Waals surface area contributed by atoms with Crippen molar-refractivity contribution in [1.82, 2.24) is 4.98 Å². The van der Waals surface area contributed by atoms with Gasteiger partial charge in [-0.3, -0.25) is 14.6 Å². The fourth-order valence-corrected chi connectivity index (χ4v) is 3.48. The fourth-order valence-electron chi connectivity index (χ4n) is 3.48. The Morgan fingerprint density at radius 3 is 2.68 bits per heavy atom. The van der Waals surface area contributed by atoms with Gasteiger partial charge in [0.1, 0.15) is 5.69 Å². The number of fused-ring (bicyclic) bond motifs is 1. The van der Waals surface area contributed by atoms with Crippen LogP contribution in [0, 0.1) is 6.92 Å². The highest BCUT2D eigenvalue weighted by molar-refractivity contribution is 6.09. The molecule has 2 heterocycles. The third-order valence-electron chi connectivity index (χ3n) is 4.99. The SMILES string of the molecule is Cc1ccccc1NC(=O)c1ccnc(C(=O)N2CCCc3ccccc32)c1. The molecular formula is C23H21N3O2. The van der Waals surface area contributed by atoms with Gasteiger partial charge in [-0.05, 0) is 55.2 Å². The molecule has 0 spiro atoms. The van der Waals surface area contributed by atoms with Crippen LogP contribution in [0.2, 0.25) is 0 Å². The van der Waals surface area contributed by atoms with E-state index < -0.39 is 0 Å². The molecular weight excluding hydrogens is 350 g/mol. The van der Waals surface area contributed by atoms with E-state index in [1.54, 1.807) is 17.0 Å². The number of aromatic nitrogens is 1. The zero-order valence-electron chi connectivity index (χ0n) is 15.7. The second-order valence-corrected chi connectivity index (χ2v) is 6.89. The molecule has 0 unspecified atom stereocenters. The number of anilines is 2. The first-order valence-electron chi connectivity index (χ1n) is 9.36. The maximum absolute atomic E-state index is 13.1. The summed E-state index contributed by atoms with van der Waals surface area (Å²) in [6, 6.07) is 18.7. The molecule has 0 atom stereocenters. The van der Waals surface area contributed by atoms with Crippen molar-refractivity contribution < 1.29 is 9.59 Å². The van der Waals surface area contributed by atoms with Crippen molar-refractivity contribution in [3.8, 4) is 0 Å². The third-order valence-corrected chi connectivity index (χ3v) is 4.99. The summed E-state index contributed by atoms with van der Waals surface area (Å²) in [6.07, 6.45) is 3.39. The second kappa shape index (κ2) is 7.64. The number of benzene rings is 2. The summed E-state index contributed by atoms with van der Waals surface area (Å²) >= 11 is 0. The van der Waals surface area contributed by atoms with Crippen LogP contribution >= 0.6 is 0 Å². The Labute approximate surface area is 164 Å². The van der Waals surface area contributed by atoms with E-state index in [9.17, 15) is 9.59 Å². The molecule has 1 N–H and O–H groups in total. The van der Waals surface area contributed by atoms with Crippen LogP contribution in [-0.4, -0.2) is 23.3 Å². The highest BCUT2D eigenvalue weighted by Gasteiger charge is 2.24. The van der Waals surface area contributed by atoms with Crippen LogP contribution in [0.4, 0.5) is 11.4 Å². The lowest BCUT2D eigenvalue weighted by Gasteiger charge is -2.29. The average molecular weight is 371 g/mol. The summed E-state index contributed by atoms with van der Waals surface area (Å²) in [6.45, 7) is 2.59. The largest absolute Gasteiger partial charge is 0.322 e. The molecule has 4 rings (SSSR count). The molecule has 28 heavy (non-hydrogen) atoms. The van der Waals surface area contributed by atoms with Gasteiger partial charge >= 0.3 is 0 Å². The van der Waals surface area contributed by atoms with E-state index >= 15 is 0 Å². The van der Waals surface area contributed by atoms with E-state index in [4.69, 9.17) is 0 Å². The fraction of sp³-hybridized carbons (Fsp3) is 0.174. The number of aryl methyl sites for hydroxylation is 2. The maximum Gasteiger partial charge on any atom is 0.276 e. The van der Waals surface area contributed by atoms with Crippen molar-refractivity contribution in [3.63, 3.8) is 0 Å². The van der Waals surface area contributed by atoms with Crippen LogP contribution in [0.15, 0.2) is 66.9 Å². The molecule has 3 aromatic rings. The highest BCUT2D eigenvalue weighted by atomic mass is 16.2. The molecule has 1 aromatic heterocycles. The maximum atomic E-state index is 13.1. The first-order valence-corrected chi connectivity index (χ1v) is 9.36. The number of hydrogen-bond acceptors (Lipinski definition) is 3. The van der Waals surface area contributed by atoms with Crippen molar-refractivity contribution in [3.05, 3.63) is 89.2 Å². The quantitative estimate of drug-likeness (QED) is 0.749. The van der Waals surface area contributed by atoms with Crippen molar-refractivity contribution in [2.75, 3.05) is 16.8 Å². The Morgan fingerprint density at radius 2 is 1.82 bits per heavy atom. The van der Waals surface area contributed by atoms with Crippen LogP contribution in [0.1, 0.15) is 38.4 Å². The summed E-state index contributed by atoms with van der Waals surface area (Å²) in [5.74, 6) is -0.442. The van der Waals surface area contributed by atoms with Gasteiger partial charge in [0, 0.05) is 29.7 Å². The number of hydrogen-bond donors (Lipinski definition) is 1. The zero-order valence-corrected chi connectivity index (χ0v) is 15.7. The van der Waals surface area contributed by atoms with E-state index in [1.165, 1.54) is 6.20 Å². The smallest absolute Gasteiger partial charge is 0.276 e. The lowest BCUT2D eigenvalue weighted by atomic mass is 10.0. The first-order chi connectivity index (χ1) is 13.6. The van der Waals surface area contributed by atoms with E-state index in [2.05, 4.69) is 10.3 Å². The summed E-state index contributed by atoms with van der Waals surface area (Å²) < 4.78 is 0. The van der Waals surface area contributed by atoms with Crippen molar-refractivity contribution in [2.45, 2.75) is 19.8 Å². The van der Waals surface area contributed by atoms with Gasteiger partial charge in [-0.25, -0.2) is 0 Å². The van der Waals surface area contributed by atoms with Crippen LogP contribution in [-0.2, 0) is 6.42 Å². The second-order valence-electron chi connectivity index (χ2n) is 6.89. The molecule has 2 aromatic carbocycles. The molecule has 1 aliphatic rings. The molecule has 0 saturated heterocycles. The van der Waals surface area contributed by atoms with Crippen molar-refractivity contribution in [2.24, 2.45) is 0 Å². The number of carbonyl (C=O) groups is 2. The molecule has 2 amide bonds. The van der Waals surface area contributed by atoms with Gasteiger partial charge in [-0.15, -0.1) is 0 Å². The molecule has 1 aliphatic heterocycles. The topological polar surface area (TPSA) is 62.3 Å². The molecule has 0 bridgehead atoms. The van der Waals surface area contributed by atoms with Gasteiger partial charge in [0.05, 0.1) is 0 Å². The number of pyridine rings is 1. The average Bonchev–Trinajstić information content (AvgIpc) is 2.74. The molecule has 0 fully saturated rings. The van der Waals surface area contributed by atoms with E-state index in [-0.39, 0.29) is 17.5 Å². The molecule has 5 nitrogen and oxygen atoms in total. The Balaban J connectivity index is 1.58. The number of amides is 2. The summed E-state index contributed by atoms with van der Waals surface area (Å²) in [4.78, 5) is 31.7. The standard InChI is InChI=1S/C23H21N3O2/c1-16-7-2-4-10-19(16)25-22(27)18-12-13-24-20(15-18)23(28)26-14-6-9-17-8-3-5-11-21(17)26/h2-5,7-8,10-13,15H,6,9,14H2,1H3,(H,25,27). The predicted molar refractivity (Wildman–Crippen MR) is 110 cm³/mol. The lowest BCUT2D eigenvalue weighted by molar-refractivity contribution is 0.0980. The minimum absolute atomic E-state index is 0.183. The van der Waals surface area contributed by atoms with Gasteiger partial charge in [-0.1, -0.05) is 36.4 Å².